The van der Waals surface area contributed by atoms with Crippen LogP contribution in [0, 0.1) is 5.92 Å². The number of nitrogens with zero attached hydrogens (tertiary/aromatic N) is 2. The summed E-state index contributed by atoms with van der Waals surface area (Å²) >= 11 is 0. The van der Waals surface area contributed by atoms with Crippen molar-refractivity contribution in [3.63, 3.8) is 0 Å². The van der Waals surface area contributed by atoms with E-state index in [1.165, 1.54) is 25.7 Å². The fraction of sp³-hybridized carbons (Fsp3) is 0.529. The largest absolute Gasteiger partial charge is 0.339 e. The molecule has 21 heavy (non-hydrogen) atoms. The average molecular weight is 285 g/mol. The number of nitrogens with two attached hydrogens (primary N) is 1. The highest BCUT2D eigenvalue weighted by atomic mass is 16.5. The second-order valence-corrected chi connectivity index (χ2v) is 5.97. The molecular weight excluding hydrogens is 262 g/mol. The molecule has 1 heterocycles. The van der Waals surface area contributed by atoms with Gasteiger partial charge >= 0.3 is 0 Å². The van der Waals surface area contributed by atoms with Gasteiger partial charge in [-0.2, -0.15) is 4.98 Å². The third kappa shape index (κ3) is 3.00. The normalized spacial score (nSPS) is 23.3. The monoisotopic (exact) mass is 285 g/mol. The summed E-state index contributed by atoms with van der Waals surface area (Å²) < 4.78 is 5.51. The van der Waals surface area contributed by atoms with Crippen LogP contribution in [0.15, 0.2) is 34.9 Å². The van der Waals surface area contributed by atoms with E-state index in [0.29, 0.717) is 18.4 Å². The lowest BCUT2D eigenvalue weighted by Gasteiger charge is -2.10. The van der Waals surface area contributed by atoms with Gasteiger partial charge in [0.15, 0.2) is 5.82 Å². The van der Waals surface area contributed by atoms with E-state index in [4.69, 9.17) is 10.3 Å². The molecule has 0 spiro atoms. The van der Waals surface area contributed by atoms with Crippen LogP contribution in [-0.2, 0) is 0 Å². The van der Waals surface area contributed by atoms with Crippen LogP contribution in [-0.4, -0.2) is 16.7 Å². The van der Waals surface area contributed by atoms with E-state index in [-0.39, 0.29) is 5.92 Å². The topological polar surface area (TPSA) is 64.9 Å². The Morgan fingerprint density at radius 1 is 1.29 bits per heavy atom. The zero-order valence-corrected chi connectivity index (χ0v) is 12.5. The van der Waals surface area contributed by atoms with Gasteiger partial charge in [-0.05, 0) is 30.7 Å². The maximum atomic E-state index is 5.92. The highest BCUT2D eigenvalue weighted by molar-refractivity contribution is 5.25. The molecule has 1 aliphatic rings. The minimum Gasteiger partial charge on any atom is -0.339 e. The van der Waals surface area contributed by atoms with E-state index in [1.807, 2.05) is 18.2 Å². The lowest BCUT2D eigenvalue weighted by molar-refractivity contribution is 0.358. The molecular formula is C17H23N3O. The number of hydrogen-bond donors (Lipinski definition) is 1. The summed E-state index contributed by atoms with van der Waals surface area (Å²) in [5, 5.41) is 4.22. The van der Waals surface area contributed by atoms with E-state index >= 15 is 0 Å². The molecule has 1 fully saturated rings. The second-order valence-electron chi connectivity index (χ2n) is 5.97. The Hall–Kier alpha value is -1.68. The van der Waals surface area contributed by atoms with Crippen LogP contribution in [0.2, 0.25) is 0 Å². The van der Waals surface area contributed by atoms with Crippen molar-refractivity contribution in [3.8, 4) is 0 Å². The molecule has 1 saturated carbocycles. The zero-order valence-electron chi connectivity index (χ0n) is 12.5. The minimum absolute atomic E-state index is 0.00387. The smallest absolute Gasteiger partial charge is 0.235 e. The first-order chi connectivity index (χ1) is 10.3. The standard InChI is InChI=1S/C17H23N3O/c1-2-12-8-9-14(10-12)16-19-17(21-20-16)15(11-18)13-6-4-3-5-7-13/h3-7,12,14-15H,2,8-11,18H2,1H3. The molecule has 2 aromatic rings. The van der Waals surface area contributed by atoms with Gasteiger partial charge in [-0.25, -0.2) is 0 Å². The molecule has 1 aliphatic carbocycles. The Morgan fingerprint density at radius 2 is 2.10 bits per heavy atom. The summed E-state index contributed by atoms with van der Waals surface area (Å²) in [4.78, 5) is 4.65. The van der Waals surface area contributed by atoms with E-state index in [1.54, 1.807) is 0 Å². The first-order valence-corrected chi connectivity index (χ1v) is 7.90. The first-order valence-electron chi connectivity index (χ1n) is 7.90. The molecule has 1 aromatic carbocycles. The lowest BCUT2D eigenvalue weighted by Crippen LogP contribution is -2.14. The van der Waals surface area contributed by atoms with Crippen LogP contribution < -0.4 is 5.73 Å². The third-order valence-corrected chi connectivity index (χ3v) is 4.68. The number of aromatic nitrogens is 2. The molecule has 0 saturated heterocycles. The van der Waals surface area contributed by atoms with Crippen molar-refractivity contribution < 1.29 is 4.52 Å². The van der Waals surface area contributed by atoms with Gasteiger partial charge < -0.3 is 10.3 Å². The summed E-state index contributed by atoms with van der Waals surface area (Å²) in [7, 11) is 0. The molecule has 0 radical (unpaired) electrons. The van der Waals surface area contributed by atoms with Crippen LogP contribution in [0.25, 0.3) is 0 Å². The van der Waals surface area contributed by atoms with Crippen LogP contribution in [0.3, 0.4) is 0 Å². The van der Waals surface area contributed by atoms with Gasteiger partial charge in [-0.1, -0.05) is 48.8 Å². The number of benzene rings is 1. The fourth-order valence-corrected chi connectivity index (χ4v) is 3.30. The second kappa shape index (κ2) is 6.39. The van der Waals surface area contributed by atoms with Crippen LogP contribution in [0.1, 0.15) is 61.7 Å². The summed E-state index contributed by atoms with van der Waals surface area (Å²) in [5.41, 5.74) is 7.05. The van der Waals surface area contributed by atoms with Crippen molar-refractivity contribution in [2.45, 2.75) is 44.4 Å². The molecule has 0 aliphatic heterocycles. The molecule has 0 bridgehead atoms. The van der Waals surface area contributed by atoms with E-state index in [2.05, 4.69) is 29.2 Å². The molecule has 0 amide bonds. The molecule has 3 rings (SSSR count). The fourth-order valence-electron chi connectivity index (χ4n) is 3.30. The van der Waals surface area contributed by atoms with Gasteiger partial charge in [0.05, 0.1) is 5.92 Å². The van der Waals surface area contributed by atoms with Crippen molar-refractivity contribution in [1.82, 2.24) is 10.1 Å². The molecule has 3 unspecified atom stereocenters. The lowest BCUT2D eigenvalue weighted by atomic mass is 9.99. The summed E-state index contributed by atoms with van der Waals surface area (Å²) in [5.74, 6) is 2.79. The van der Waals surface area contributed by atoms with Gasteiger partial charge in [0, 0.05) is 12.5 Å². The summed E-state index contributed by atoms with van der Waals surface area (Å²) in [6.45, 7) is 2.74. The van der Waals surface area contributed by atoms with Gasteiger partial charge in [0.2, 0.25) is 5.89 Å². The van der Waals surface area contributed by atoms with E-state index in [9.17, 15) is 0 Å². The summed E-state index contributed by atoms with van der Waals surface area (Å²) in [6.07, 6.45) is 4.89. The third-order valence-electron chi connectivity index (χ3n) is 4.68. The SMILES string of the molecule is CCC1CCC(c2noc(C(CN)c3ccccc3)n2)C1. The van der Waals surface area contributed by atoms with Crippen LogP contribution in [0.5, 0.6) is 0 Å². The van der Waals surface area contributed by atoms with Gasteiger partial charge in [0.1, 0.15) is 0 Å². The predicted octanol–water partition coefficient (Wildman–Crippen LogP) is 3.45. The van der Waals surface area contributed by atoms with Gasteiger partial charge in [0.25, 0.3) is 0 Å². The van der Waals surface area contributed by atoms with Gasteiger partial charge in [-0.3, -0.25) is 0 Å². The summed E-state index contributed by atoms with van der Waals surface area (Å²) in [6, 6.07) is 10.1. The molecule has 1 aromatic heterocycles. The van der Waals surface area contributed by atoms with Crippen LogP contribution >= 0.6 is 0 Å². The molecule has 4 nitrogen and oxygen atoms in total. The highest BCUT2D eigenvalue weighted by Crippen LogP contribution is 2.38. The van der Waals surface area contributed by atoms with Crippen molar-refractivity contribution >= 4 is 0 Å². The van der Waals surface area contributed by atoms with Crippen molar-refractivity contribution in [1.29, 1.82) is 0 Å². The van der Waals surface area contributed by atoms with Crippen LogP contribution in [0.4, 0.5) is 0 Å². The average Bonchev–Trinajstić information content (AvgIpc) is 3.18. The van der Waals surface area contributed by atoms with Crippen molar-refractivity contribution in [3.05, 3.63) is 47.6 Å². The molecule has 3 atom stereocenters. The Kier molecular flexibility index (Phi) is 4.34. The quantitative estimate of drug-likeness (QED) is 0.913. The number of hydrogen-bond acceptors (Lipinski definition) is 4. The number of rotatable bonds is 5. The maximum absolute atomic E-state index is 5.92. The Labute approximate surface area is 125 Å². The van der Waals surface area contributed by atoms with Crippen molar-refractivity contribution in [2.24, 2.45) is 11.7 Å². The van der Waals surface area contributed by atoms with Crippen molar-refractivity contribution in [2.75, 3.05) is 6.54 Å². The maximum Gasteiger partial charge on any atom is 0.235 e. The molecule has 112 valence electrons. The zero-order chi connectivity index (χ0) is 14.7. The Bertz CT molecular complexity index is 566. The Morgan fingerprint density at radius 3 is 2.76 bits per heavy atom. The van der Waals surface area contributed by atoms with E-state index in [0.717, 1.165) is 17.3 Å². The van der Waals surface area contributed by atoms with E-state index < -0.39 is 0 Å². The minimum atomic E-state index is -0.00387. The van der Waals surface area contributed by atoms with Gasteiger partial charge in [-0.15, -0.1) is 0 Å². The predicted molar refractivity (Wildman–Crippen MR) is 82.0 cm³/mol. The molecule has 2 N–H and O–H groups in total. The Balaban J connectivity index is 1.78. The highest BCUT2D eigenvalue weighted by Gasteiger charge is 2.29. The first kappa shape index (κ1) is 14.3. The molecule has 4 heteroatoms.